The third-order valence-electron chi connectivity index (χ3n) is 3.48. The van der Waals surface area contributed by atoms with E-state index in [0.29, 0.717) is 6.54 Å². The highest BCUT2D eigenvalue weighted by Gasteiger charge is 2.21. The Bertz CT molecular complexity index is 479. The third-order valence-corrected chi connectivity index (χ3v) is 3.80. The van der Waals surface area contributed by atoms with Gasteiger partial charge in [-0.25, -0.2) is 0 Å². The number of hydrogen-bond donors (Lipinski definition) is 0. The van der Waals surface area contributed by atoms with Gasteiger partial charge in [0, 0.05) is 25.8 Å². The number of benzene rings is 1. The number of halogens is 1. The van der Waals surface area contributed by atoms with Gasteiger partial charge in [0.25, 0.3) is 5.69 Å². The minimum Gasteiger partial charge on any atom is -0.377 e. The van der Waals surface area contributed by atoms with Crippen LogP contribution in [-0.2, 0) is 11.3 Å². The Hall–Kier alpha value is -1.17. The van der Waals surface area contributed by atoms with E-state index in [1.54, 1.807) is 12.1 Å². The summed E-state index contributed by atoms with van der Waals surface area (Å²) in [7, 11) is 0. The maximum atomic E-state index is 10.9. The van der Waals surface area contributed by atoms with E-state index in [0.717, 1.165) is 38.1 Å². The number of piperidine rings is 1. The Labute approximate surface area is 123 Å². The van der Waals surface area contributed by atoms with Crippen LogP contribution >= 0.6 is 11.6 Å². The van der Waals surface area contributed by atoms with Crippen molar-refractivity contribution in [3.63, 3.8) is 0 Å². The first kappa shape index (κ1) is 15.2. The van der Waals surface area contributed by atoms with E-state index >= 15 is 0 Å². The lowest BCUT2D eigenvalue weighted by atomic mass is 10.1. The quantitative estimate of drug-likeness (QED) is 0.618. The minimum atomic E-state index is -0.439. The Kier molecular flexibility index (Phi) is 5.34. The Morgan fingerprint density at radius 1 is 1.55 bits per heavy atom. The van der Waals surface area contributed by atoms with Gasteiger partial charge in [-0.1, -0.05) is 17.7 Å². The summed E-state index contributed by atoms with van der Waals surface area (Å²) in [5.41, 5.74) is 0.890. The van der Waals surface area contributed by atoms with Crippen LogP contribution in [0.4, 0.5) is 5.69 Å². The van der Waals surface area contributed by atoms with E-state index in [2.05, 4.69) is 4.90 Å². The molecule has 1 atom stereocenters. The van der Waals surface area contributed by atoms with Crippen LogP contribution in [0.2, 0.25) is 5.02 Å². The molecule has 1 heterocycles. The van der Waals surface area contributed by atoms with Gasteiger partial charge in [-0.15, -0.1) is 0 Å². The van der Waals surface area contributed by atoms with Gasteiger partial charge in [0.2, 0.25) is 0 Å². The van der Waals surface area contributed by atoms with Crippen LogP contribution in [0.25, 0.3) is 0 Å². The summed E-state index contributed by atoms with van der Waals surface area (Å²) >= 11 is 5.82. The molecule has 0 aromatic heterocycles. The first-order valence-electron chi connectivity index (χ1n) is 6.87. The summed E-state index contributed by atoms with van der Waals surface area (Å²) in [6.07, 6.45) is 2.46. The highest BCUT2D eigenvalue weighted by atomic mass is 35.5. The maximum Gasteiger partial charge on any atom is 0.288 e. The molecule has 0 N–H and O–H groups in total. The van der Waals surface area contributed by atoms with Gasteiger partial charge in [-0.05, 0) is 37.9 Å². The SMILES string of the molecule is CCOC1CCCN(Cc2ccc(Cl)c([N+](=O)[O-])c2)C1. The minimum absolute atomic E-state index is 0.0254. The molecule has 0 spiro atoms. The summed E-state index contributed by atoms with van der Waals surface area (Å²) in [5, 5.41) is 11.1. The van der Waals surface area contributed by atoms with Crippen molar-refractivity contribution in [2.75, 3.05) is 19.7 Å². The molecule has 0 saturated carbocycles. The third kappa shape index (κ3) is 3.91. The number of hydrogen-bond acceptors (Lipinski definition) is 4. The molecule has 1 aromatic carbocycles. The molecule has 20 heavy (non-hydrogen) atoms. The van der Waals surface area contributed by atoms with Gasteiger partial charge in [0.05, 0.1) is 11.0 Å². The summed E-state index contributed by atoms with van der Waals surface area (Å²) in [6, 6.07) is 5.01. The molecule has 1 aliphatic rings. The average Bonchev–Trinajstić information content (AvgIpc) is 2.41. The standard InChI is InChI=1S/C14H19ClN2O3/c1-2-20-12-4-3-7-16(10-12)9-11-5-6-13(15)14(8-11)17(18)19/h5-6,8,12H,2-4,7,9-10H2,1H3. The lowest BCUT2D eigenvalue weighted by Crippen LogP contribution is -2.39. The fourth-order valence-electron chi connectivity index (χ4n) is 2.58. The monoisotopic (exact) mass is 298 g/mol. The lowest BCUT2D eigenvalue weighted by Gasteiger charge is -2.32. The van der Waals surface area contributed by atoms with Crippen LogP contribution in [0, 0.1) is 10.1 Å². The van der Waals surface area contributed by atoms with Crippen molar-refractivity contribution in [2.45, 2.75) is 32.4 Å². The largest absolute Gasteiger partial charge is 0.377 e. The molecule has 0 amide bonds. The van der Waals surface area contributed by atoms with E-state index < -0.39 is 4.92 Å². The van der Waals surface area contributed by atoms with Gasteiger partial charge in [-0.3, -0.25) is 15.0 Å². The molecule has 0 aliphatic carbocycles. The van der Waals surface area contributed by atoms with E-state index in [-0.39, 0.29) is 16.8 Å². The normalized spacial score (nSPS) is 20.0. The van der Waals surface area contributed by atoms with Crippen molar-refractivity contribution >= 4 is 17.3 Å². The highest BCUT2D eigenvalue weighted by molar-refractivity contribution is 6.32. The fraction of sp³-hybridized carbons (Fsp3) is 0.571. The molecule has 6 heteroatoms. The van der Waals surface area contributed by atoms with Gasteiger partial charge in [0.15, 0.2) is 0 Å². The van der Waals surface area contributed by atoms with Crippen molar-refractivity contribution in [1.82, 2.24) is 4.90 Å². The second kappa shape index (κ2) is 7.02. The van der Waals surface area contributed by atoms with Gasteiger partial charge in [0.1, 0.15) is 5.02 Å². The summed E-state index contributed by atoms with van der Waals surface area (Å²) in [6.45, 7) is 5.30. The van der Waals surface area contributed by atoms with E-state index in [9.17, 15) is 10.1 Å². The smallest absolute Gasteiger partial charge is 0.288 e. The molecule has 1 aliphatic heterocycles. The predicted molar refractivity (Wildman–Crippen MR) is 78.0 cm³/mol. The molecule has 1 saturated heterocycles. The van der Waals surface area contributed by atoms with Crippen molar-refractivity contribution < 1.29 is 9.66 Å². The summed E-state index contributed by atoms with van der Waals surface area (Å²) in [4.78, 5) is 12.7. The lowest BCUT2D eigenvalue weighted by molar-refractivity contribution is -0.384. The molecule has 110 valence electrons. The molecule has 2 rings (SSSR count). The topological polar surface area (TPSA) is 55.6 Å². The van der Waals surface area contributed by atoms with Gasteiger partial charge >= 0.3 is 0 Å². The highest BCUT2D eigenvalue weighted by Crippen LogP contribution is 2.26. The summed E-state index contributed by atoms with van der Waals surface area (Å²) in [5.74, 6) is 0. The zero-order valence-corrected chi connectivity index (χ0v) is 12.3. The van der Waals surface area contributed by atoms with Crippen molar-refractivity contribution in [1.29, 1.82) is 0 Å². The second-order valence-electron chi connectivity index (χ2n) is 5.00. The number of nitro benzene ring substituents is 1. The Morgan fingerprint density at radius 3 is 3.05 bits per heavy atom. The summed E-state index contributed by atoms with van der Waals surface area (Å²) < 4.78 is 5.66. The number of nitro groups is 1. The van der Waals surface area contributed by atoms with Gasteiger partial charge < -0.3 is 4.74 Å². The zero-order chi connectivity index (χ0) is 14.5. The molecule has 1 fully saturated rings. The van der Waals surface area contributed by atoms with Crippen LogP contribution in [-0.4, -0.2) is 35.6 Å². The molecule has 1 unspecified atom stereocenters. The van der Waals surface area contributed by atoms with Crippen LogP contribution in [0.1, 0.15) is 25.3 Å². The van der Waals surface area contributed by atoms with Crippen molar-refractivity contribution in [3.8, 4) is 0 Å². The van der Waals surface area contributed by atoms with Crippen LogP contribution in [0.5, 0.6) is 0 Å². The average molecular weight is 299 g/mol. The van der Waals surface area contributed by atoms with E-state index in [4.69, 9.17) is 16.3 Å². The van der Waals surface area contributed by atoms with Crippen molar-refractivity contribution in [2.24, 2.45) is 0 Å². The Morgan fingerprint density at radius 2 is 2.35 bits per heavy atom. The van der Waals surface area contributed by atoms with Gasteiger partial charge in [-0.2, -0.15) is 0 Å². The number of nitrogens with zero attached hydrogens (tertiary/aromatic N) is 2. The molecule has 0 bridgehead atoms. The van der Waals surface area contributed by atoms with Crippen LogP contribution in [0.3, 0.4) is 0 Å². The Balaban J connectivity index is 2.02. The van der Waals surface area contributed by atoms with E-state index in [1.807, 2.05) is 13.0 Å². The maximum absolute atomic E-state index is 10.9. The van der Waals surface area contributed by atoms with Crippen molar-refractivity contribution in [3.05, 3.63) is 38.9 Å². The second-order valence-corrected chi connectivity index (χ2v) is 5.40. The fourth-order valence-corrected chi connectivity index (χ4v) is 2.77. The molecular formula is C14H19ClN2O3. The number of rotatable bonds is 5. The molecular weight excluding hydrogens is 280 g/mol. The number of likely N-dealkylation sites (tertiary alicyclic amines) is 1. The van der Waals surface area contributed by atoms with E-state index in [1.165, 1.54) is 0 Å². The van der Waals surface area contributed by atoms with Crippen LogP contribution in [0.15, 0.2) is 18.2 Å². The zero-order valence-electron chi connectivity index (χ0n) is 11.5. The first-order chi connectivity index (χ1) is 9.60. The first-order valence-corrected chi connectivity index (χ1v) is 7.24. The number of ether oxygens (including phenoxy) is 1. The molecule has 5 nitrogen and oxygen atoms in total. The molecule has 1 aromatic rings. The van der Waals surface area contributed by atoms with Crippen LogP contribution < -0.4 is 0 Å². The molecule has 0 radical (unpaired) electrons. The predicted octanol–water partition coefficient (Wildman–Crippen LogP) is 3.25.